The molecule has 1 aromatic heterocycles. The van der Waals surface area contributed by atoms with Crippen molar-refractivity contribution in [2.24, 2.45) is 0 Å². The van der Waals surface area contributed by atoms with Crippen molar-refractivity contribution in [1.82, 2.24) is 9.97 Å². The molecule has 0 atom stereocenters. The Labute approximate surface area is 147 Å². The van der Waals surface area contributed by atoms with Crippen molar-refractivity contribution in [3.63, 3.8) is 0 Å². The Hall–Kier alpha value is -0.530. The van der Waals surface area contributed by atoms with Gasteiger partial charge in [0, 0.05) is 17.9 Å². The van der Waals surface area contributed by atoms with Gasteiger partial charge in [-0.3, -0.25) is 0 Å². The maximum Gasteiger partial charge on any atom is 0.143 e. The fraction of sp³-hybridized carbons (Fsp3) is 0.333. The smallest absolute Gasteiger partial charge is 0.143 e. The van der Waals surface area contributed by atoms with Crippen LogP contribution in [0.25, 0.3) is 0 Å². The van der Waals surface area contributed by atoms with Crippen LogP contribution in [0, 0.1) is 3.57 Å². The molecule has 1 aromatic carbocycles. The Balaban J connectivity index is 1.82. The average Bonchev–Trinajstić information content (AvgIpc) is 3.32. The lowest BCUT2D eigenvalue weighted by Gasteiger charge is -2.11. The lowest BCUT2D eigenvalue weighted by Crippen LogP contribution is -2.06. The molecule has 3 nitrogen and oxygen atoms in total. The molecule has 2 aromatic rings. The minimum atomic E-state index is 0.621. The SMILES string of the molecule is CNc1nc(CSc2ccccc2Cl)nc(C2CC2)c1I. The van der Waals surface area contributed by atoms with Gasteiger partial charge in [0.1, 0.15) is 11.6 Å². The van der Waals surface area contributed by atoms with Gasteiger partial charge in [-0.1, -0.05) is 23.7 Å². The van der Waals surface area contributed by atoms with Crippen molar-refractivity contribution < 1.29 is 0 Å². The highest BCUT2D eigenvalue weighted by atomic mass is 127. The molecule has 0 amide bonds. The second kappa shape index (κ2) is 6.71. The van der Waals surface area contributed by atoms with Gasteiger partial charge in [-0.15, -0.1) is 11.8 Å². The zero-order chi connectivity index (χ0) is 14.8. The molecule has 110 valence electrons. The van der Waals surface area contributed by atoms with Gasteiger partial charge < -0.3 is 5.32 Å². The Morgan fingerprint density at radius 2 is 2.10 bits per heavy atom. The molecule has 1 aliphatic carbocycles. The molecule has 1 aliphatic rings. The molecule has 0 radical (unpaired) electrons. The monoisotopic (exact) mass is 431 g/mol. The van der Waals surface area contributed by atoms with Gasteiger partial charge in [0.15, 0.2) is 0 Å². The summed E-state index contributed by atoms with van der Waals surface area (Å²) in [5.41, 5.74) is 1.20. The van der Waals surface area contributed by atoms with E-state index < -0.39 is 0 Å². The van der Waals surface area contributed by atoms with Crippen molar-refractivity contribution in [3.8, 4) is 0 Å². The van der Waals surface area contributed by atoms with Crippen LogP contribution < -0.4 is 5.32 Å². The minimum absolute atomic E-state index is 0.621. The van der Waals surface area contributed by atoms with Crippen molar-refractivity contribution in [2.45, 2.75) is 29.4 Å². The third kappa shape index (κ3) is 3.63. The van der Waals surface area contributed by atoms with Crippen molar-refractivity contribution >= 4 is 51.8 Å². The number of hydrogen-bond acceptors (Lipinski definition) is 4. The van der Waals surface area contributed by atoms with Crippen LogP contribution in [-0.2, 0) is 5.75 Å². The highest BCUT2D eigenvalue weighted by Crippen LogP contribution is 2.42. The van der Waals surface area contributed by atoms with Crippen molar-refractivity contribution in [1.29, 1.82) is 0 Å². The van der Waals surface area contributed by atoms with Crippen LogP contribution in [0.2, 0.25) is 5.02 Å². The number of hydrogen-bond donors (Lipinski definition) is 1. The zero-order valence-corrected chi connectivity index (χ0v) is 15.3. The van der Waals surface area contributed by atoms with Gasteiger partial charge in [0.05, 0.1) is 20.0 Å². The van der Waals surface area contributed by atoms with E-state index in [1.165, 1.54) is 18.5 Å². The number of thioether (sulfide) groups is 1. The van der Waals surface area contributed by atoms with Gasteiger partial charge in [-0.2, -0.15) is 0 Å². The number of benzene rings is 1. The Morgan fingerprint density at radius 1 is 1.33 bits per heavy atom. The van der Waals surface area contributed by atoms with E-state index in [0.29, 0.717) is 5.92 Å². The van der Waals surface area contributed by atoms with E-state index in [9.17, 15) is 0 Å². The van der Waals surface area contributed by atoms with E-state index in [-0.39, 0.29) is 0 Å². The molecule has 1 N–H and O–H groups in total. The number of rotatable bonds is 5. The van der Waals surface area contributed by atoms with E-state index in [2.05, 4.69) is 32.9 Å². The summed E-state index contributed by atoms with van der Waals surface area (Å²) in [4.78, 5) is 10.4. The fourth-order valence-corrected chi connectivity index (χ4v) is 4.12. The lowest BCUT2D eigenvalue weighted by atomic mass is 10.2. The molecule has 1 saturated carbocycles. The Morgan fingerprint density at radius 3 is 2.76 bits per heavy atom. The molecule has 0 bridgehead atoms. The molecule has 1 heterocycles. The van der Waals surface area contributed by atoms with Crippen molar-refractivity contribution in [3.05, 3.63) is 44.4 Å². The molecule has 0 aliphatic heterocycles. The van der Waals surface area contributed by atoms with E-state index in [4.69, 9.17) is 16.6 Å². The second-order valence-electron chi connectivity index (χ2n) is 4.93. The summed E-state index contributed by atoms with van der Waals surface area (Å²) in [6, 6.07) is 7.88. The summed E-state index contributed by atoms with van der Waals surface area (Å²) < 4.78 is 1.16. The average molecular weight is 432 g/mol. The zero-order valence-electron chi connectivity index (χ0n) is 11.6. The molecule has 0 spiro atoms. The molecule has 3 rings (SSSR count). The maximum absolute atomic E-state index is 6.19. The fourth-order valence-electron chi connectivity index (χ4n) is 2.07. The van der Waals surface area contributed by atoms with Crippen LogP contribution in [-0.4, -0.2) is 17.0 Å². The standard InChI is InChI=1S/C15H15ClIN3S/c1-18-15-13(17)14(9-6-7-9)19-12(20-15)8-21-11-5-3-2-4-10(11)16/h2-5,9H,6-8H2,1H3,(H,18,19,20). The largest absolute Gasteiger partial charge is 0.372 e. The molecule has 6 heteroatoms. The molecular weight excluding hydrogens is 417 g/mol. The van der Waals surface area contributed by atoms with Crippen LogP contribution in [0.5, 0.6) is 0 Å². The second-order valence-corrected chi connectivity index (χ2v) is 7.43. The third-order valence-corrected chi connectivity index (χ3v) is 5.89. The highest BCUT2D eigenvalue weighted by molar-refractivity contribution is 14.1. The lowest BCUT2D eigenvalue weighted by molar-refractivity contribution is 0.920. The molecule has 0 saturated heterocycles. The van der Waals surface area contributed by atoms with E-state index in [1.807, 2.05) is 31.3 Å². The van der Waals surface area contributed by atoms with Gasteiger partial charge >= 0.3 is 0 Å². The first-order chi connectivity index (χ1) is 10.2. The number of anilines is 1. The first kappa shape index (κ1) is 15.4. The van der Waals surface area contributed by atoms with Gasteiger partial charge in [-0.25, -0.2) is 9.97 Å². The quantitative estimate of drug-likeness (QED) is 0.537. The number of nitrogens with zero attached hydrogens (tertiary/aromatic N) is 2. The summed E-state index contributed by atoms with van der Waals surface area (Å²) in [6.45, 7) is 0. The minimum Gasteiger partial charge on any atom is -0.372 e. The Kier molecular flexibility index (Phi) is 4.91. The number of nitrogens with one attached hydrogen (secondary N) is 1. The molecular formula is C15H15ClIN3S. The number of halogens is 2. The maximum atomic E-state index is 6.19. The summed E-state index contributed by atoms with van der Waals surface area (Å²) in [5.74, 6) is 3.15. The Bertz CT molecular complexity index is 661. The first-order valence-electron chi connectivity index (χ1n) is 6.80. The molecule has 0 unspecified atom stereocenters. The van der Waals surface area contributed by atoms with Gasteiger partial charge in [-0.05, 0) is 47.6 Å². The summed E-state index contributed by atoms with van der Waals surface area (Å²) in [7, 11) is 1.91. The van der Waals surface area contributed by atoms with Crippen LogP contribution in [0.1, 0.15) is 30.3 Å². The topological polar surface area (TPSA) is 37.8 Å². The number of aromatic nitrogens is 2. The van der Waals surface area contributed by atoms with E-state index in [0.717, 1.165) is 30.9 Å². The van der Waals surface area contributed by atoms with Gasteiger partial charge in [0.2, 0.25) is 0 Å². The summed E-state index contributed by atoms with van der Waals surface area (Å²) in [5, 5.41) is 3.96. The highest BCUT2D eigenvalue weighted by Gasteiger charge is 2.29. The van der Waals surface area contributed by atoms with E-state index >= 15 is 0 Å². The predicted octanol–water partition coefficient (Wildman–Crippen LogP) is 4.95. The van der Waals surface area contributed by atoms with Crippen molar-refractivity contribution in [2.75, 3.05) is 12.4 Å². The van der Waals surface area contributed by atoms with Crippen LogP contribution in [0.15, 0.2) is 29.2 Å². The summed E-state index contributed by atoms with van der Waals surface area (Å²) >= 11 is 10.2. The molecule has 21 heavy (non-hydrogen) atoms. The first-order valence-corrected chi connectivity index (χ1v) is 9.24. The van der Waals surface area contributed by atoms with Gasteiger partial charge in [0.25, 0.3) is 0 Å². The predicted molar refractivity (Wildman–Crippen MR) is 97.3 cm³/mol. The van der Waals surface area contributed by atoms with E-state index in [1.54, 1.807) is 11.8 Å². The van der Waals surface area contributed by atoms with Crippen LogP contribution in [0.3, 0.4) is 0 Å². The molecule has 1 fully saturated rings. The third-order valence-electron chi connectivity index (χ3n) is 3.32. The van der Waals surface area contributed by atoms with Crippen LogP contribution >= 0.6 is 46.0 Å². The normalized spacial score (nSPS) is 14.2. The summed E-state index contributed by atoms with van der Waals surface area (Å²) in [6.07, 6.45) is 2.49. The van der Waals surface area contributed by atoms with Crippen LogP contribution in [0.4, 0.5) is 5.82 Å².